The fourth-order valence-electron chi connectivity index (χ4n) is 3.13. The normalized spacial score (nSPS) is 13.2. The highest BCUT2D eigenvalue weighted by Gasteiger charge is 2.29. The maximum Gasteiger partial charge on any atom is 0.325 e. The van der Waals surface area contributed by atoms with Gasteiger partial charge < -0.3 is 43.4 Å². The Bertz CT molecular complexity index is 987. The number of amides is 3. The second kappa shape index (κ2) is 20.1. The zero-order valence-electron chi connectivity index (χ0n) is 23.0. The van der Waals surface area contributed by atoms with Gasteiger partial charge in [0.2, 0.25) is 17.7 Å². The van der Waals surface area contributed by atoms with Crippen molar-refractivity contribution in [2.45, 2.75) is 63.7 Å². The van der Waals surface area contributed by atoms with E-state index >= 15 is 0 Å². The highest BCUT2D eigenvalue weighted by molar-refractivity contribution is 7.98. The van der Waals surface area contributed by atoms with Crippen LogP contribution in [0.3, 0.4) is 0 Å². The predicted octanol–water partition coefficient (Wildman–Crippen LogP) is -0.987. The molecule has 0 aromatic heterocycles. The lowest BCUT2D eigenvalue weighted by Gasteiger charge is -2.25. The summed E-state index contributed by atoms with van der Waals surface area (Å²) < 4.78 is 0. The van der Waals surface area contributed by atoms with Gasteiger partial charge in [-0.1, -0.05) is 30.3 Å². The summed E-state index contributed by atoms with van der Waals surface area (Å²) >= 11 is 1.55. The number of nitrogens with two attached hydrogens (primary N) is 3. The Morgan fingerprint density at radius 1 is 0.925 bits per heavy atom. The van der Waals surface area contributed by atoms with Gasteiger partial charge in [-0.05, 0) is 43.8 Å². The summed E-state index contributed by atoms with van der Waals surface area (Å²) in [5.74, 6) is -3.22. The predicted molar refractivity (Wildman–Crippen MR) is 153 cm³/mol. The molecule has 0 saturated carbocycles. The lowest BCUT2D eigenvalue weighted by Crippen LogP contribution is -2.57. The summed E-state index contributed by atoms with van der Waals surface area (Å²) in [6.45, 7) is 2.65. The molecule has 0 spiro atoms. The Morgan fingerprint density at radius 2 is 1.48 bits per heavy atom. The van der Waals surface area contributed by atoms with Crippen molar-refractivity contribution in [1.82, 2.24) is 16.0 Å². The average Bonchev–Trinajstić information content (AvgIpc) is 2.88. The van der Waals surface area contributed by atoms with Crippen LogP contribution in [-0.2, 0) is 30.4 Å². The molecule has 3 unspecified atom stereocenters. The van der Waals surface area contributed by atoms with Crippen LogP contribution in [0, 0.1) is 0 Å². The van der Waals surface area contributed by atoms with E-state index in [2.05, 4.69) is 20.9 Å². The Labute approximate surface area is 237 Å². The largest absolute Gasteiger partial charge is 0.481 e. The molecule has 0 radical (unpaired) electrons. The average molecular weight is 584 g/mol. The van der Waals surface area contributed by atoms with Gasteiger partial charge in [0.25, 0.3) is 5.97 Å². The van der Waals surface area contributed by atoms with Crippen molar-refractivity contribution in [2.75, 3.05) is 18.6 Å². The minimum atomic E-state index is -1.21. The maximum atomic E-state index is 13.2. The molecular weight excluding hydrogens is 542 g/mol. The maximum absolute atomic E-state index is 13.2. The van der Waals surface area contributed by atoms with Gasteiger partial charge in [0.15, 0.2) is 5.96 Å². The van der Waals surface area contributed by atoms with Crippen LogP contribution in [0.5, 0.6) is 0 Å². The van der Waals surface area contributed by atoms with Crippen molar-refractivity contribution < 1.29 is 34.2 Å². The van der Waals surface area contributed by atoms with Gasteiger partial charge in [0, 0.05) is 19.9 Å². The van der Waals surface area contributed by atoms with Crippen LogP contribution in [-0.4, -0.2) is 88.6 Å². The highest BCUT2D eigenvalue weighted by Crippen LogP contribution is 2.07. The fraction of sp³-hybridized carbons (Fsp3) is 0.520. The van der Waals surface area contributed by atoms with Gasteiger partial charge in [-0.25, -0.2) is 0 Å². The Hall–Kier alpha value is -3.85. The third-order valence-electron chi connectivity index (χ3n) is 5.19. The van der Waals surface area contributed by atoms with E-state index in [1.165, 1.54) is 6.92 Å². The van der Waals surface area contributed by atoms with Gasteiger partial charge in [-0.15, -0.1) is 0 Å². The smallest absolute Gasteiger partial charge is 0.325 e. The third-order valence-corrected chi connectivity index (χ3v) is 5.84. The second-order valence-electron chi connectivity index (χ2n) is 8.74. The number of hydrogen-bond donors (Lipinski definition) is 8. The standard InChI is InChI=1S/C23H37N7O5S.C2H4O2/c1-14(22(34)35)28-21(33)18(13-15-7-4-3-5-8-15)30-20(32)17(9-6-11-27-23(25)26)29-19(31)16(24)10-12-36-2;1-2(3)4/h3-5,7-8,14,16-18H,6,9-13,24H2,1-2H3,(H,28,33)(H,29,31)(H,30,32)(H,34,35)(H4,25,26,27);1H3,(H,3,4)/t14-,16?,17?,18?;/m0./s1. The number of carboxylic acids is 2. The van der Waals surface area contributed by atoms with E-state index in [4.69, 9.17) is 32.2 Å². The number of nitrogens with zero attached hydrogens (tertiary/aromatic N) is 1. The van der Waals surface area contributed by atoms with E-state index in [1.54, 1.807) is 36.0 Å². The number of rotatable bonds is 16. The first-order valence-electron chi connectivity index (χ1n) is 12.5. The quantitative estimate of drug-likeness (QED) is 0.0666. The second-order valence-corrected chi connectivity index (χ2v) is 9.72. The summed E-state index contributed by atoms with van der Waals surface area (Å²) in [5.41, 5.74) is 17.4. The van der Waals surface area contributed by atoms with E-state index in [1.807, 2.05) is 12.3 Å². The minimum absolute atomic E-state index is 0.0914. The Balaban J connectivity index is 0.00000354. The van der Waals surface area contributed by atoms with Gasteiger partial charge in [-0.3, -0.25) is 29.0 Å². The molecule has 0 aliphatic rings. The van der Waals surface area contributed by atoms with Gasteiger partial charge in [0.05, 0.1) is 6.04 Å². The van der Waals surface area contributed by atoms with E-state index in [-0.39, 0.29) is 25.3 Å². The number of nitrogens with one attached hydrogen (secondary N) is 3. The van der Waals surface area contributed by atoms with E-state index in [0.717, 1.165) is 12.5 Å². The van der Waals surface area contributed by atoms with Crippen molar-refractivity contribution in [2.24, 2.45) is 22.2 Å². The molecule has 0 aliphatic heterocycles. The third kappa shape index (κ3) is 16.9. The molecule has 15 heteroatoms. The summed E-state index contributed by atoms with van der Waals surface area (Å²) in [5, 5.41) is 24.3. The van der Waals surface area contributed by atoms with Crippen molar-refractivity contribution in [3.05, 3.63) is 35.9 Å². The first-order chi connectivity index (χ1) is 18.8. The molecule has 0 bridgehead atoms. The van der Waals surface area contributed by atoms with Gasteiger partial charge >= 0.3 is 5.97 Å². The van der Waals surface area contributed by atoms with Crippen LogP contribution in [0.1, 0.15) is 38.7 Å². The molecule has 0 fully saturated rings. The van der Waals surface area contributed by atoms with E-state index in [9.17, 15) is 19.2 Å². The molecule has 40 heavy (non-hydrogen) atoms. The van der Waals surface area contributed by atoms with Crippen molar-refractivity contribution in [3.8, 4) is 0 Å². The summed E-state index contributed by atoms with van der Waals surface area (Å²) in [4.78, 5) is 62.8. The molecule has 224 valence electrons. The number of aliphatic carboxylic acids is 2. The Morgan fingerprint density at radius 3 is 2.00 bits per heavy atom. The number of carbonyl (C=O) groups excluding carboxylic acids is 3. The summed E-state index contributed by atoms with van der Waals surface area (Å²) in [6, 6.07) is 4.91. The lowest BCUT2D eigenvalue weighted by atomic mass is 10.0. The van der Waals surface area contributed by atoms with Gasteiger partial charge in [0.1, 0.15) is 18.1 Å². The molecule has 11 N–H and O–H groups in total. The number of hydrogen-bond acceptors (Lipinski definition) is 8. The molecule has 4 atom stereocenters. The minimum Gasteiger partial charge on any atom is -0.481 e. The molecule has 1 aromatic carbocycles. The Kier molecular flexibility index (Phi) is 18.2. The van der Waals surface area contributed by atoms with Crippen LogP contribution in [0.2, 0.25) is 0 Å². The first kappa shape index (κ1) is 36.1. The zero-order chi connectivity index (χ0) is 30.7. The fourth-order valence-corrected chi connectivity index (χ4v) is 3.62. The highest BCUT2D eigenvalue weighted by atomic mass is 32.2. The molecule has 1 rings (SSSR count). The number of aliphatic imine (C=N–C) groups is 1. The van der Waals surface area contributed by atoms with Crippen LogP contribution in [0.15, 0.2) is 35.3 Å². The number of benzene rings is 1. The summed E-state index contributed by atoms with van der Waals surface area (Å²) in [6.07, 6.45) is 3.01. The topological polar surface area (TPSA) is 252 Å². The van der Waals surface area contributed by atoms with Crippen LogP contribution in [0.4, 0.5) is 0 Å². The van der Waals surface area contributed by atoms with E-state index < -0.39 is 53.8 Å². The lowest BCUT2D eigenvalue weighted by molar-refractivity contribution is -0.141. The number of carboxylic acid groups (broad SMARTS) is 2. The SMILES string of the molecule is CC(=O)O.CSCCC(N)C(=O)NC(CCCN=C(N)N)C(=O)NC(Cc1ccccc1)C(=O)N[C@@H](C)C(=O)O. The monoisotopic (exact) mass is 583 g/mol. The summed E-state index contributed by atoms with van der Waals surface area (Å²) in [7, 11) is 0. The number of thioether (sulfide) groups is 1. The van der Waals surface area contributed by atoms with Crippen molar-refractivity contribution in [3.63, 3.8) is 0 Å². The molecule has 14 nitrogen and oxygen atoms in total. The van der Waals surface area contributed by atoms with Crippen LogP contribution < -0.4 is 33.2 Å². The van der Waals surface area contributed by atoms with Crippen LogP contribution >= 0.6 is 11.8 Å². The molecular formula is C25H41N7O7S. The molecule has 0 aliphatic carbocycles. The van der Waals surface area contributed by atoms with Crippen molar-refractivity contribution >= 4 is 47.4 Å². The van der Waals surface area contributed by atoms with Crippen LogP contribution in [0.25, 0.3) is 0 Å². The molecule has 0 heterocycles. The van der Waals surface area contributed by atoms with E-state index in [0.29, 0.717) is 18.6 Å². The zero-order valence-corrected chi connectivity index (χ0v) is 23.8. The van der Waals surface area contributed by atoms with Gasteiger partial charge in [-0.2, -0.15) is 11.8 Å². The molecule has 3 amide bonds. The molecule has 1 aromatic rings. The number of carbonyl (C=O) groups is 5. The molecule has 0 saturated heterocycles. The number of guanidine groups is 1. The first-order valence-corrected chi connectivity index (χ1v) is 13.8. The van der Waals surface area contributed by atoms with Crippen molar-refractivity contribution in [1.29, 1.82) is 0 Å².